The lowest BCUT2D eigenvalue weighted by Crippen LogP contribution is -2.59. The number of unbranched alkanes of at least 4 members (excludes halogenated alkanes) is 26. The van der Waals surface area contributed by atoms with E-state index in [9.17, 15) is 25.2 Å². The van der Waals surface area contributed by atoms with Crippen LogP contribution >= 0.6 is 0 Å². The van der Waals surface area contributed by atoms with E-state index in [1.165, 1.54) is 161 Å². The van der Waals surface area contributed by atoms with Crippen molar-refractivity contribution < 1.29 is 44.2 Å². The van der Waals surface area contributed by atoms with E-state index in [1.54, 1.807) is 0 Å². The van der Waals surface area contributed by atoms with Gasteiger partial charge in [-0.25, -0.2) is 0 Å². The summed E-state index contributed by atoms with van der Waals surface area (Å²) in [7, 11) is 0. The molecule has 9 heteroatoms. The highest BCUT2D eigenvalue weighted by molar-refractivity contribution is 5.69. The first-order chi connectivity index (χ1) is 29.4. The fraction of sp³-hybridized carbons (Fsp3) is 0.863. The molecule has 6 atom stereocenters. The van der Waals surface area contributed by atoms with Gasteiger partial charge in [0.2, 0.25) is 0 Å². The van der Waals surface area contributed by atoms with Crippen LogP contribution in [0.3, 0.4) is 0 Å². The Morgan fingerprint density at radius 2 is 0.967 bits per heavy atom. The van der Waals surface area contributed by atoms with Crippen molar-refractivity contribution in [3.8, 4) is 0 Å². The van der Waals surface area contributed by atoms with Crippen molar-refractivity contribution in [3.05, 3.63) is 36.5 Å². The number of ether oxygens (including phenoxy) is 4. The summed E-state index contributed by atoms with van der Waals surface area (Å²) in [5.74, 6) is -0.318. The van der Waals surface area contributed by atoms with Crippen molar-refractivity contribution in [2.45, 2.75) is 256 Å². The topological polar surface area (TPSA) is 135 Å². The Bertz CT molecular complexity index is 1010. The number of carbonyl (C=O) groups is 1. The third-order valence-corrected chi connectivity index (χ3v) is 11.5. The van der Waals surface area contributed by atoms with Crippen LogP contribution in [-0.4, -0.2) is 89.6 Å². The molecule has 0 aromatic carbocycles. The molecule has 0 aromatic heterocycles. The Morgan fingerprint density at radius 1 is 0.533 bits per heavy atom. The van der Waals surface area contributed by atoms with Gasteiger partial charge in [0.25, 0.3) is 0 Å². The second kappa shape index (κ2) is 42.7. The molecular formula is C51H94O9. The zero-order chi connectivity index (χ0) is 43.6. The lowest BCUT2D eigenvalue weighted by Gasteiger charge is -2.39. The van der Waals surface area contributed by atoms with Crippen LogP contribution in [0.4, 0.5) is 0 Å². The molecule has 0 radical (unpaired) electrons. The first-order valence-electron chi connectivity index (χ1n) is 25.1. The molecule has 60 heavy (non-hydrogen) atoms. The van der Waals surface area contributed by atoms with E-state index < -0.39 is 43.4 Å². The molecule has 1 fully saturated rings. The Balaban J connectivity index is 2.22. The molecule has 1 rings (SSSR count). The SMILES string of the molecule is CCCCC/C=C\C/C=C\CCCCCCCCCCCCOCC(COC1OC(CO)C(O)C(O)C1O)OC(=O)CCCCCCCCC/C=C\CCCCCCCC. The van der Waals surface area contributed by atoms with Crippen LogP contribution in [0.1, 0.15) is 219 Å². The van der Waals surface area contributed by atoms with Crippen molar-refractivity contribution >= 4 is 5.97 Å². The molecule has 0 spiro atoms. The minimum absolute atomic E-state index is 0.115. The van der Waals surface area contributed by atoms with Gasteiger partial charge in [-0.05, 0) is 70.6 Å². The molecule has 0 aliphatic carbocycles. The molecule has 0 bridgehead atoms. The predicted molar refractivity (Wildman–Crippen MR) is 247 cm³/mol. The van der Waals surface area contributed by atoms with Crippen LogP contribution in [0.5, 0.6) is 0 Å². The molecular weight excluding hydrogens is 757 g/mol. The third kappa shape index (κ3) is 33.0. The van der Waals surface area contributed by atoms with Gasteiger partial charge >= 0.3 is 5.97 Å². The maximum absolute atomic E-state index is 12.8. The predicted octanol–water partition coefficient (Wildman–Crippen LogP) is 11.9. The smallest absolute Gasteiger partial charge is 0.306 e. The second-order valence-electron chi connectivity index (χ2n) is 17.3. The van der Waals surface area contributed by atoms with E-state index in [4.69, 9.17) is 18.9 Å². The van der Waals surface area contributed by atoms with Gasteiger partial charge in [-0.15, -0.1) is 0 Å². The van der Waals surface area contributed by atoms with Crippen molar-refractivity contribution in [1.29, 1.82) is 0 Å². The third-order valence-electron chi connectivity index (χ3n) is 11.5. The average Bonchev–Trinajstić information content (AvgIpc) is 3.25. The van der Waals surface area contributed by atoms with E-state index in [1.807, 2.05) is 0 Å². The molecule has 1 aliphatic heterocycles. The number of allylic oxidation sites excluding steroid dienone is 6. The highest BCUT2D eigenvalue weighted by Gasteiger charge is 2.44. The Morgan fingerprint density at radius 3 is 1.48 bits per heavy atom. The minimum Gasteiger partial charge on any atom is -0.457 e. The van der Waals surface area contributed by atoms with Crippen LogP contribution in [0.2, 0.25) is 0 Å². The highest BCUT2D eigenvalue weighted by atomic mass is 16.7. The Hall–Kier alpha value is -1.59. The summed E-state index contributed by atoms with van der Waals surface area (Å²) in [6.45, 7) is 4.54. The molecule has 0 amide bonds. The zero-order valence-electron chi connectivity index (χ0n) is 38.7. The number of esters is 1. The van der Waals surface area contributed by atoms with E-state index in [0.717, 1.165) is 38.5 Å². The Kier molecular flexibility index (Phi) is 40.2. The summed E-state index contributed by atoms with van der Waals surface area (Å²) in [4.78, 5) is 12.8. The molecule has 9 nitrogen and oxygen atoms in total. The molecule has 4 N–H and O–H groups in total. The zero-order valence-corrected chi connectivity index (χ0v) is 38.7. The van der Waals surface area contributed by atoms with Gasteiger partial charge in [-0.2, -0.15) is 0 Å². The van der Waals surface area contributed by atoms with Gasteiger partial charge in [-0.1, -0.05) is 179 Å². The van der Waals surface area contributed by atoms with Crippen LogP contribution < -0.4 is 0 Å². The van der Waals surface area contributed by atoms with Crippen molar-refractivity contribution in [3.63, 3.8) is 0 Å². The van der Waals surface area contributed by atoms with Gasteiger partial charge in [0.05, 0.1) is 19.8 Å². The monoisotopic (exact) mass is 851 g/mol. The summed E-state index contributed by atoms with van der Waals surface area (Å²) >= 11 is 0. The maximum atomic E-state index is 12.8. The number of carbonyl (C=O) groups excluding carboxylic acids is 1. The normalized spacial score (nSPS) is 20.3. The highest BCUT2D eigenvalue weighted by Crippen LogP contribution is 2.23. The quantitative estimate of drug-likeness (QED) is 0.0269. The summed E-state index contributed by atoms with van der Waals surface area (Å²) in [5, 5.41) is 40.2. The molecule has 6 unspecified atom stereocenters. The van der Waals surface area contributed by atoms with Gasteiger partial charge < -0.3 is 39.4 Å². The van der Waals surface area contributed by atoms with E-state index in [-0.39, 0.29) is 19.2 Å². The van der Waals surface area contributed by atoms with Crippen LogP contribution in [0.15, 0.2) is 36.5 Å². The number of hydrogen-bond donors (Lipinski definition) is 4. The Labute approximate surface area is 368 Å². The minimum atomic E-state index is -1.54. The molecule has 1 saturated heterocycles. The number of aliphatic hydroxyl groups is 4. The van der Waals surface area contributed by atoms with Crippen LogP contribution in [-0.2, 0) is 23.7 Å². The van der Waals surface area contributed by atoms with Crippen molar-refractivity contribution in [1.82, 2.24) is 0 Å². The number of rotatable bonds is 43. The van der Waals surface area contributed by atoms with E-state index in [0.29, 0.717) is 13.0 Å². The van der Waals surface area contributed by atoms with Gasteiger partial charge in [-0.3, -0.25) is 4.79 Å². The summed E-state index contributed by atoms with van der Waals surface area (Å²) < 4.78 is 22.9. The van der Waals surface area contributed by atoms with Crippen molar-refractivity contribution in [2.24, 2.45) is 0 Å². The number of hydrogen-bond acceptors (Lipinski definition) is 9. The standard InChI is InChI=1S/C51H94O9/c1-3-5-7-9-11-13-15-17-19-21-22-23-25-27-29-31-33-35-37-39-41-57-43-45(44-58-51-50(56)49(55)48(54)46(42-52)60-51)59-47(53)40-38-36-34-32-30-28-26-24-20-18-16-14-12-10-8-6-4-2/h11,13,17-20,45-46,48-52,54-56H,3-10,12,14-16,21-44H2,1-2H3/b13-11-,19-17-,20-18-. The second-order valence-corrected chi connectivity index (χ2v) is 17.3. The number of aliphatic hydroxyl groups excluding tert-OH is 4. The molecule has 1 heterocycles. The molecule has 0 aromatic rings. The first kappa shape index (κ1) is 56.4. The fourth-order valence-electron chi connectivity index (χ4n) is 7.58. The van der Waals surface area contributed by atoms with Crippen LogP contribution in [0, 0.1) is 0 Å². The maximum Gasteiger partial charge on any atom is 0.306 e. The van der Waals surface area contributed by atoms with E-state index >= 15 is 0 Å². The first-order valence-corrected chi connectivity index (χ1v) is 25.1. The van der Waals surface area contributed by atoms with E-state index in [2.05, 4.69) is 50.3 Å². The van der Waals surface area contributed by atoms with Gasteiger partial charge in [0, 0.05) is 13.0 Å². The van der Waals surface area contributed by atoms with Crippen molar-refractivity contribution in [2.75, 3.05) is 26.4 Å². The largest absolute Gasteiger partial charge is 0.457 e. The lowest BCUT2D eigenvalue weighted by atomic mass is 9.99. The van der Waals surface area contributed by atoms with Crippen LogP contribution in [0.25, 0.3) is 0 Å². The van der Waals surface area contributed by atoms with Gasteiger partial charge in [0.15, 0.2) is 6.29 Å². The summed E-state index contributed by atoms with van der Waals surface area (Å²) in [6, 6.07) is 0. The molecule has 1 aliphatic rings. The fourth-order valence-corrected chi connectivity index (χ4v) is 7.58. The molecule has 352 valence electrons. The molecule has 0 saturated carbocycles. The van der Waals surface area contributed by atoms with Gasteiger partial charge in [0.1, 0.15) is 30.5 Å². The lowest BCUT2D eigenvalue weighted by molar-refractivity contribution is -0.305. The average molecular weight is 851 g/mol. The summed E-state index contributed by atoms with van der Waals surface area (Å²) in [5.41, 5.74) is 0. The summed E-state index contributed by atoms with van der Waals surface area (Å²) in [6.07, 6.45) is 44.5.